The number of aromatic hydroxyl groups is 1. The van der Waals surface area contributed by atoms with Gasteiger partial charge in [-0.1, -0.05) is 0 Å². The van der Waals surface area contributed by atoms with Gasteiger partial charge in [-0.2, -0.15) is 0 Å². The molecule has 54 valence electrons. The molecule has 0 radical (unpaired) electrons. The van der Waals surface area contributed by atoms with Crippen LogP contribution < -0.4 is 5.73 Å². The molecule has 0 unspecified atom stereocenters. The fourth-order valence-corrected chi connectivity index (χ4v) is 0.773. The van der Waals surface area contributed by atoms with Crippen LogP contribution in [0.2, 0.25) is 0 Å². The summed E-state index contributed by atoms with van der Waals surface area (Å²) in [6, 6.07) is 1.63. The Morgan fingerprint density at radius 3 is 2.90 bits per heavy atom. The smallest absolute Gasteiger partial charge is 0.134 e. The van der Waals surface area contributed by atoms with E-state index in [2.05, 4.69) is 4.98 Å². The third kappa shape index (κ3) is 1.25. The van der Waals surface area contributed by atoms with E-state index in [4.69, 9.17) is 10.8 Å². The van der Waals surface area contributed by atoms with Crippen molar-refractivity contribution >= 4 is 0 Å². The number of pyridine rings is 1. The van der Waals surface area contributed by atoms with E-state index in [9.17, 15) is 0 Å². The molecule has 3 heteroatoms. The average molecular weight is 138 g/mol. The molecule has 3 nitrogen and oxygen atoms in total. The number of aryl methyl sites for hydroxylation is 1. The van der Waals surface area contributed by atoms with Crippen LogP contribution in [0.15, 0.2) is 12.3 Å². The number of nitrogens with two attached hydrogens (primary N) is 1. The lowest BCUT2D eigenvalue weighted by Crippen LogP contribution is -1.99. The quantitative estimate of drug-likeness (QED) is 0.596. The summed E-state index contributed by atoms with van der Waals surface area (Å²) in [4.78, 5) is 3.92. The van der Waals surface area contributed by atoms with Gasteiger partial charge in [-0.15, -0.1) is 0 Å². The summed E-state index contributed by atoms with van der Waals surface area (Å²) in [5.74, 6) is 0.172. The van der Waals surface area contributed by atoms with Gasteiger partial charge >= 0.3 is 0 Å². The van der Waals surface area contributed by atoms with Crippen LogP contribution in [0.1, 0.15) is 11.3 Å². The Morgan fingerprint density at radius 2 is 2.40 bits per heavy atom. The monoisotopic (exact) mass is 138 g/mol. The van der Waals surface area contributed by atoms with Gasteiger partial charge in [0, 0.05) is 12.2 Å². The van der Waals surface area contributed by atoms with Gasteiger partial charge in [-0.05, 0) is 18.6 Å². The third-order valence-corrected chi connectivity index (χ3v) is 1.40. The van der Waals surface area contributed by atoms with E-state index in [-0.39, 0.29) is 5.75 Å². The van der Waals surface area contributed by atoms with Crippen molar-refractivity contribution in [2.24, 2.45) is 5.73 Å². The van der Waals surface area contributed by atoms with Crippen LogP contribution in [0.25, 0.3) is 0 Å². The van der Waals surface area contributed by atoms with Crippen molar-refractivity contribution in [3.05, 3.63) is 23.5 Å². The molecule has 0 aliphatic rings. The Morgan fingerprint density at radius 1 is 1.70 bits per heavy atom. The predicted molar refractivity (Wildman–Crippen MR) is 38.5 cm³/mol. The molecular formula is C7H10N2O. The predicted octanol–water partition coefficient (Wildman–Crippen LogP) is 0.554. The molecule has 1 rings (SSSR count). The molecule has 0 saturated heterocycles. The van der Waals surface area contributed by atoms with Gasteiger partial charge in [0.05, 0.1) is 6.20 Å². The van der Waals surface area contributed by atoms with Crippen LogP contribution in [-0.4, -0.2) is 10.1 Å². The minimum Gasteiger partial charge on any atom is -0.506 e. The lowest BCUT2D eigenvalue weighted by Gasteiger charge is -2.00. The van der Waals surface area contributed by atoms with Crippen LogP contribution in [-0.2, 0) is 6.54 Å². The van der Waals surface area contributed by atoms with Crippen molar-refractivity contribution in [2.45, 2.75) is 13.5 Å². The zero-order chi connectivity index (χ0) is 7.56. The summed E-state index contributed by atoms with van der Waals surface area (Å²) in [7, 11) is 0. The van der Waals surface area contributed by atoms with E-state index in [0.717, 1.165) is 11.3 Å². The molecule has 10 heavy (non-hydrogen) atoms. The second kappa shape index (κ2) is 2.66. The van der Waals surface area contributed by atoms with Crippen molar-refractivity contribution in [1.82, 2.24) is 4.98 Å². The molecule has 0 aliphatic heterocycles. The van der Waals surface area contributed by atoms with E-state index >= 15 is 0 Å². The molecule has 0 bridgehead atoms. The van der Waals surface area contributed by atoms with Crippen molar-refractivity contribution in [3.8, 4) is 5.75 Å². The Hall–Kier alpha value is -1.09. The van der Waals surface area contributed by atoms with Gasteiger partial charge in [0.2, 0.25) is 0 Å². The average Bonchev–Trinajstić information content (AvgIpc) is 1.94. The molecule has 0 aromatic carbocycles. The maximum absolute atomic E-state index is 8.95. The summed E-state index contributed by atoms with van der Waals surface area (Å²) >= 11 is 0. The van der Waals surface area contributed by atoms with Crippen LogP contribution in [0.4, 0.5) is 0 Å². The molecule has 0 amide bonds. The standard InChI is InChI=1S/C7H10N2O/c1-5-6(3-8)2-7(10)4-9-5/h2,4,10H,3,8H2,1H3. The second-order valence-corrected chi connectivity index (χ2v) is 2.14. The highest BCUT2D eigenvalue weighted by Gasteiger charge is 1.96. The Labute approximate surface area is 59.5 Å². The van der Waals surface area contributed by atoms with Gasteiger partial charge in [0.1, 0.15) is 5.75 Å². The molecule has 0 aliphatic carbocycles. The second-order valence-electron chi connectivity index (χ2n) is 2.14. The molecule has 1 heterocycles. The van der Waals surface area contributed by atoms with Crippen molar-refractivity contribution in [2.75, 3.05) is 0 Å². The van der Waals surface area contributed by atoms with Crippen molar-refractivity contribution in [1.29, 1.82) is 0 Å². The summed E-state index contributed by atoms with van der Waals surface area (Å²) < 4.78 is 0. The van der Waals surface area contributed by atoms with Crippen LogP contribution >= 0.6 is 0 Å². The molecule has 0 spiro atoms. The lowest BCUT2D eigenvalue weighted by atomic mass is 10.2. The number of aromatic nitrogens is 1. The first kappa shape index (κ1) is 7.02. The first-order valence-corrected chi connectivity index (χ1v) is 3.08. The Bertz CT molecular complexity index is 235. The van der Waals surface area contributed by atoms with E-state index in [0.29, 0.717) is 6.54 Å². The van der Waals surface area contributed by atoms with Crippen molar-refractivity contribution < 1.29 is 5.11 Å². The molecule has 0 saturated carbocycles. The fraction of sp³-hybridized carbons (Fsp3) is 0.286. The van der Waals surface area contributed by atoms with Gasteiger partial charge in [0.15, 0.2) is 0 Å². The molecule has 0 fully saturated rings. The number of nitrogens with zero attached hydrogens (tertiary/aromatic N) is 1. The molecule has 0 atom stereocenters. The minimum atomic E-state index is 0.172. The topological polar surface area (TPSA) is 59.1 Å². The molecule has 3 N–H and O–H groups in total. The Kier molecular flexibility index (Phi) is 1.87. The zero-order valence-corrected chi connectivity index (χ0v) is 5.83. The van der Waals surface area contributed by atoms with Gasteiger partial charge < -0.3 is 10.8 Å². The highest BCUT2D eigenvalue weighted by molar-refractivity contribution is 5.27. The summed E-state index contributed by atoms with van der Waals surface area (Å²) in [5.41, 5.74) is 7.13. The summed E-state index contributed by atoms with van der Waals surface area (Å²) in [5, 5.41) is 8.95. The van der Waals surface area contributed by atoms with Crippen LogP contribution in [0.3, 0.4) is 0 Å². The highest BCUT2D eigenvalue weighted by Crippen LogP contribution is 2.11. The number of hydrogen-bond acceptors (Lipinski definition) is 3. The first-order valence-electron chi connectivity index (χ1n) is 3.08. The summed E-state index contributed by atoms with van der Waals surface area (Å²) in [6.45, 7) is 2.29. The van der Waals surface area contributed by atoms with E-state index < -0.39 is 0 Å². The van der Waals surface area contributed by atoms with Gasteiger partial charge in [-0.3, -0.25) is 4.98 Å². The maximum atomic E-state index is 8.95. The third-order valence-electron chi connectivity index (χ3n) is 1.40. The Balaban J connectivity index is 3.09. The van der Waals surface area contributed by atoms with E-state index in [1.54, 1.807) is 6.07 Å². The molecule has 1 aromatic rings. The minimum absolute atomic E-state index is 0.172. The largest absolute Gasteiger partial charge is 0.506 e. The molecule has 1 aromatic heterocycles. The first-order chi connectivity index (χ1) is 4.74. The van der Waals surface area contributed by atoms with Gasteiger partial charge in [-0.25, -0.2) is 0 Å². The lowest BCUT2D eigenvalue weighted by molar-refractivity contribution is 0.471. The van der Waals surface area contributed by atoms with Crippen LogP contribution in [0, 0.1) is 6.92 Å². The normalized spacial score (nSPS) is 9.80. The summed E-state index contributed by atoms with van der Waals surface area (Å²) in [6.07, 6.45) is 1.41. The number of rotatable bonds is 1. The maximum Gasteiger partial charge on any atom is 0.134 e. The molecular weight excluding hydrogens is 128 g/mol. The fourth-order valence-electron chi connectivity index (χ4n) is 0.773. The zero-order valence-electron chi connectivity index (χ0n) is 5.83. The van der Waals surface area contributed by atoms with E-state index in [1.807, 2.05) is 6.92 Å². The SMILES string of the molecule is Cc1ncc(O)cc1CN. The van der Waals surface area contributed by atoms with E-state index in [1.165, 1.54) is 6.20 Å². The highest BCUT2D eigenvalue weighted by atomic mass is 16.3. The van der Waals surface area contributed by atoms with Crippen molar-refractivity contribution in [3.63, 3.8) is 0 Å². The number of hydrogen-bond donors (Lipinski definition) is 2. The van der Waals surface area contributed by atoms with Crippen LogP contribution in [0.5, 0.6) is 5.75 Å². The van der Waals surface area contributed by atoms with Gasteiger partial charge in [0.25, 0.3) is 0 Å².